The molecule has 1 aliphatic rings. The van der Waals surface area contributed by atoms with Crippen LogP contribution in [0.4, 0.5) is 0 Å². The van der Waals surface area contributed by atoms with Crippen molar-refractivity contribution in [1.82, 2.24) is 0 Å². The molecule has 2 atom stereocenters. The molecule has 0 saturated carbocycles. The topological polar surface area (TPSA) is 35.5 Å². The molecule has 1 aromatic carbocycles. The summed E-state index contributed by atoms with van der Waals surface area (Å²) >= 11 is 0. The predicted octanol–water partition coefficient (Wildman–Crippen LogP) is 2.33. The maximum Gasteiger partial charge on any atom is 0.184 e. The molecule has 0 aromatic heterocycles. The van der Waals surface area contributed by atoms with Crippen molar-refractivity contribution in [3.05, 3.63) is 35.9 Å². The molecule has 1 fully saturated rings. The Morgan fingerprint density at radius 1 is 1.31 bits per heavy atom. The number of hydrogen-bond acceptors (Lipinski definition) is 3. The van der Waals surface area contributed by atoms with Crippen LogP contribution in [0.25, 0.3) is 0 Å². The summed E-state index contributed by atoms with van der Waals surface area (Å²) in [5.74, 6) is 0. The largest absolute Gasteiger partial charge is 0.346 e. The number of aldehydes is 1. The molecule has 0 amide bonds. The standard InChI is InChI=1S/C13H16O3/c1-13(2,9-14)11-8-15-12(16-11)10-6-4-3-5-7-10/h3-7,9,11-12H,8H2,1-2H3/t11-,12?/m0/s1. The van der Waals surface area contributed by atoms with Crippen LogP contribution in [0.3, 0.4) is 0 Å². The minimum atomic E-state index is -0.496. The molecule has 0 radical (unpaired) electrons. The van der Waals surface area contributed by atoms with Gasteiger partial charge in [0.1, 0.15) is 6.29 Å². The quantitative estimate of drug-likeness (QED) is 0.733. The average molecular weight is 220 g/mol. The minimum absolute atomic E-state index is 0.171. The number of rotatable bonds is 3. The molecular formula is C13H16O3. The molecule has 3 nitrogen and oxygen atoms in total. The number of benzene rings is 1. The Morgan fingerprint density at radius 2 is 2.00 bits per heavy atom. The molecule has 1 saturated heterocycles. The zero-order valence-electron chi connectivity index (χ0n) is 9.55. The summed E-state index contributed by atoms with van der Waals surface area (Å²) in [6.07, 6.45) is 0.412. The average Bonchev–Trinajstić information content (AvgIpc) is 2.80. The Morgan fingerprint density at radius 3 is 2.62 bits per heavy atom. The maximum atomic E-state index is 10.9. The third-order valence-electron chi connectivity index (χ3n) is 2.89. The summed E-state index contributed by atoms with van der Waals surface area (Å²) in [5, 5.41) is 0. The van der Waals surface area contributed by atoms with Gasteiger partial charge in [0.15, 0.2) is 6.29 Å². The molecule has 3 heteroatoms. The van der Waals surface area contributed by atoms with Gasteiger partial charge < -0.3 is 14.3 Å². The van der Waals surface area contributed by atoms with Gasteiger partial charge in [-0.25, -0.2) is 0 Å². The van der Waals surface area contributed by atoms with Crippen LogP contribution < -0.4 is 0 Å². The van der Waals surface area contributed by atoms with Gasteiger partial charge in [-0.05, 0) is 0 Å². The minimum Gasteiger partial charge on any atom is -0.346 e. The van der Waals surface area contributed by atoms with E-state index in [0.29, 0.717) is 6.61 Å². The molecule has 0 spiro atoms. The van der Waals surface area contributed by atoms with Gasteiger partial charge >= 0.3 is 0 Å². The number of hydrogen-bond donors (Lipinski definition) is 0. The van der Waals surface area contributed by atoms with E-state index in [2.05, 4.69) is 0 Å². The first-order valence-electron chi connectivity index (χ1n) is 5.42. The Hall–Kier alpha value is -1.19. The van der Waals surface area contributed by atoms with Crippen molar-refractivity contribution < 1.29 is 14.3 Å². The fourth-order valence-corrected chi connectivity index (χ4v) is 1.65. The van der Waals surface area contributed by atoms with Crippen molar-refractivity contribution in [2.75, 3.05) is 6.61 Å². The van der Waals surface area contributed by atoms with Gasteiger partial charge in [-0.3, -0.25) is 0 Å². The Kier molecular flexibility index (Phi) is 3.08. The van der Waals surface area contributed by atoms with E-state index in [1.54, 1.807) is 0 Å². The maximum absolute atomic E-state index is 10.9. The van der Waals surface area contributed by atoms with Crippen molar-refractivity contribution >= 4 is 6.29 Å². The van der Waals surface area contributed by atoms with E-state index in [1.807, 2.05) is 44.2 Å². The molecule has 0 bridgehead atoms. The predicted molar refractivity (Wildman–Crippen MR) is 59.9 cm³/mol. The lowest BCUT2D eigenvalue weighted by Gasteiger charge is -2.23. The van der Waals surface area contributed by atoms with Gasteiger partial charge in [0, 0.05) is 11.0 Å². The second-order valence-electron chi connectivity index (χ2n) is 4.64. The van der Waals surface area contributed by atoms with E-state index in [-0.39, 0.29) is 12.4 Å². The van der Waals surface area contributed by atoms with Crippen molar-refractivity contribution in [1.29, 1.82) is 0 Å². The first kappa shape index (κ1) is 11.3. The summed E-state index contributed by atoms with van der Waals surface area (Å²) < 4.78 is 11.3. The lowest BCUT2D eigenvalue weighted by molar-refractivity contribution is -0.124. The van der Waals surface area contributed by atoms with Gasteiger partial charge in [-0.2, -0.15) is 0 Å². The molecule has 1 unspecified atom stereocenters. The SMILES string of the molecule is CC(C)(C=O)[C@@H]1COC(c2ccccc2)O1. The summed E-state index contributed by atoms with van der Waals surface area (Å²) in [6, 6.07) is 9.76. The second kappa shape index (κ2) is 4.36. The Balaban J connectivity index is 2.07. The third-order valence-corrected chi connectivity index (χ3v) is 2.89. The highest BCUT2D eigenvalue weighted by Crippen LogP contribution is 2.34. The van der Waals surface area contributed by atoms with Crippen LogP contribution in [0.1, 0.15) is 25.7 Å². The first-order chi connectivity index (χ1) is 7.63. The molecule has 16 heavy (non-hydrogen) atoms. The molecule has 86 valence electrons. The van der Waals surface area contributed by atoms with E-state index in [1.165, 1.54) is 0 Å². The summed E-state index contributed by atoms with van der Waals surface area (Å²) in [6.45, 7) is 4.19. The van der Waals surface area contributed by atoms with Crippen LogP contribution in [0.2, 0.25) is 0 Å². The molecule has 1 aliphatic heterocycles. The van der Waals surface area contributed by atoms with Crippen LogP contribution >= 0.6 is 0 Å². The van der Waals surface area contributed by atoms with Crippen LogP contribution in [0.5, 0.6) is 0 Å². The van der Waals surface area contributed by atoms with Crippen molar-refractivity contribution in [2.24, 2.45) is 5.41 Å². The Labute approximate surface area is 95.4 Å². The van der Waals surface area contributed by atoms with Gasteiger partial charge in [0.05, 0.1) is 12.7 Å². The normalized spacial score (nSPS) is 25.6. The van der Waals surface area contributed by atoms with Crippen LogP contribution in [-0.4, -0.2) is 19.0 Å². The zero-order valence-corrected chi connectivity index (χ0v) is 9.55. The highest BCUT2D eigenvalue weighted by Gasteiger charge is 2.38. The second-order valence-corrected chi connectivity index (χ2v) is 4.64. The first-order valence-corrected chi connectivity index (χ1v) is 5.42. The fourth-order valence-electron chi connectivity index (χ4n) is 1.65. The number of ether oxygens (including phenoxy) is 2. The lowest BCUT2D eigenvalue weighted by atomic mass is 9.89. The van der Waals surface area contributed by atoms with E-state index in [0.717, 1.165) is 11.8 Å². The molecular weight excluding hydrogens is 204 g/mol. The summed E-state index contributed by atoms with van der Waals surface area (Å²) in [5.41, 5.74) is 0.496. The van der Waals surface area contributed by atoms with Gasteiger partial charge in [-0.15, -0.1) is 0 Å². The smallest absolute Gasteiger partial charge is 0.184 e. The van der Waals surface area contributed by atoms with Crippen LogP contribution in [0.15, 0.2) is 30.3 Å². The van der Waals surface area contributed by atoms with Crippen LogP contribution in [0, 0.1) is 5.41 Å². The Bertz CT molecular complexity index is 359. The van der Waals surface area contributed by atoms with E-state index < -0.39 is 5.41 Å². The van der Waals surface area contributed by atoms with Gasteiger partial charge in [-0.1, -0.05) is 44.2 Å². The fraction of sp³-hybridized carbons (Fsp3) is 0.462. The summed E-state index contributed by atoms with van der Waals surface area (Å²) in [4.78, 5) is 10.9. The van der Waals surface area contributed by atoms with E-state index in [9.17, 15) is 4.79 Å². The highest BCUT2D eigenvalue weighted by molar-refractivity contribution is 5.59. The third kappa shape index (κ3) is 2.15. The highest BCUT2D eigenvalue weighted by atomic mass is 16.7. The van der Waals surface area contributed by atoms with E-state index >= 15 is 0 Å². The monoisotopic (exact) mass is 220 g/mol. The van der Waals surface area contributed by atoms with Crippen LogP contribution in [-0.2, 0) is 14.3 Å². The molecule has 0 aliphatic carbocycles. The van der Waals surface area contributed by atoms with E-state index in [4.69, 9.17) is 9.47 Å². The summed E-state index contributed by atoms with van der Waals surface area (Å²) in [7, 11) is 0. The number of carbonyl (C=O) groups excluding carboxylic acids is 1. The van der Waals surface area contributed by atoms with Gasteiger partial charge in [0.25, 0.3) is 0 Å². The molecule has 1 aromatic rings. The zero-order chi connectivity index (χ0) is 11.6. The number of carbonyl (C=O) groups is 1. The molecule has 2 rings (SSSR count). The van der Waals surface area contributed by atoms with Crippen molar-refractivity contribution in [3.63, 3.8) is 0 Å². The van der Waals surface area contributed by atoms with Crippen molar-refractivity contribution in [2.45, 2.75) is 26.2 Å². The molecule has 0 N–H and O–H groups in total. The van der Waals surface area contributed by atoms with Crippen molar-refractivity contribution in [3.8, 4) is 0 Å². The molecule has 1 heterocycles. The van der Waals surface area contributed by atoms with Gasteiger partial charge in [0.2, 0.25) is 0 Å². The lowest BCUT2D eigenvalue weighted by Crippen LogP contribution is -2.32.